The number of carbonyl (C=O) groups excluding carboxylic acids is 3. The Balaban J connectivity index is 2.76. The highest BCUT2D eigenvalue weighted by Crippen LogP contribution is 2.39. The van der Waals surface area contributed by atoms with E-state index in [1.54, 1.807) is 6.07 Å². The van der Waals surface area contributed by atoms with Crippen molar-refractivity contribution < 1.29 is 28.6 Å². The van der Waals surface area contributed by atoms with Gasteiger partial charge in [0.2, 0.25) is 0 Å². The van der Waals surface area contributed by atoms with Gasteiger partial charge in [0, 0.05) is 12.5 Å². The van der Waals surface area contributed by atoms with Gasteiger partial charge in [-0.05, 0) is 13.0 Å². The number of esters is 2. The number of hydrogen-bond acceptors (Lipinski definition) is 6. The third kappa shape index (κ3) is 2.16. The highest BCUT2D eigenvalue weighted by molar-refractivity contribution is 6.07. The molecule has 0 spiro atoms. The topological polar surface area (TPSA) is 78.9 Å². The second-order valence-electron chi connectivity index (χ2n) is 4.04. The standard InChI is InChI=1S/C13H12O6/c1-6(14)10-9(17-3)4-8-5-18-13(16)11(8)12(10)19-7(2)15/h4H,5H2,1-3H3. The molecule has 1 aliphatic rings. The van der Waals surface area contributed by atoms with E-state index in [4.69, 9.17) is 14.2 Å². The SMILES string of the molecule is COc1cc2c(c(OC(C)=O)c1C(C)=O)C(=O)OC2. The fourth-order valence-electron chi connectivity index (χ4n) is 1.98. The fraction of sp³-hybridized carbons (Fsp3) is 0.308. The van der Waals surface area contributed by atoms with Crippen LogP contribution < -0.4 is 9.47 Å². The largest absolute Gasteiger partial charge is 0.496 e. The Morgan fingerprint density at radius 2 is 2.00 bits per heavy atom. The maximum atomic E-state index is 11.7. The molecule has 6 nitrogen and oxygen atoms in total. The van der Waals surface area contributed by atoms with Gasteiger partial charge in [0.15, 0.2) is 11.5 Å². The molecule has 1 aromatic rings. The van der Waals surface area contributed by atoms with Gasteiger partial charge in [-0.3, -0.25) is 9.59 Å². The second kappa shape index (κ2) is 4.72. The monoisotopic (exact) mass is 264 g/mol. The van der Waals surface area contributed by atoms with Gasteiger partial charge < -0.3 is 14.2 Å². The van der Waals surface area contributed by atoms with E-state index in [1.165, 1.54) is 21.0 Å². The summed E-state index contributed by atoms with van der Waals surface area (Å²) in [7, 11) is 1.39. The van der Waals surface area contributed by atoms with E-state index in [2.05, 4.69) is 0 Å². The number of ketones is 1. The molecule has 1 heterocycles. The Bertz CT molecular complexity index is 587. The third-order valence-electron chi connectivity index (χ3n) is 2.71. The summed E-state index contributed by atoms with van der Waals surface area (Å²) in [4.78, 5) is 34.6. The number of rotatable bonds is 3. The van der Waals surface area contributed by atoms with Gasteiger partial charge in [0.1, 0.15) is 23.5 Å². The molecule has 0 unspecified atom stereocenters. The highest BCUT2D eigenvalue weighted by atomic mass is 16.6. The summed E-state index contributed by atoms with van der Waals surface area (Å²) in [5.41, 5.74) is 0.708. The average Bonchev–Trinajstić information content (AvgIpc) is 2.69. The zero-order chi connectivity index (χ0) is 14.2. The first kappa shape index (κ1) is 13.1. The Morgan fingerprint density at radius 3 is 2.53 bits per heavy atom. The van der Waals surface area contributed by atoms with Crippen LogP contribution in [-0.4, -0.2) is 24.8 Å². The number of Topliss-reactive ketones (excluding diaryl/α,β-unsaturated/α-hetero) is 1. The minimum atomic E-state index is -0.627. The summed E-state index contributed by atoms with van der Waals surface area (Å²) < 4.78 is 15.0. The van der Waals surface area contributed by atoms with Crippen LogP contribution in [0.4, 0.5) is 0 Å². The van der Waals surface area contributed by atoms with Crippen LogP contribution in [0.2, 0.25) is 0 Å². The molecule has 0 bridgehead atoms. The molecule has 19 heavy (non-hydrogen) atoms. The molecule has 2 rings (SSSR count). The Labute approximate surface area is 109 Å². The predicted molar refractivity (Wildman–Crippen MR) is 63.4 cm³/mol. The van der Waals surface area contributed by atoms with Crippen molar-refractivity contribution in [2.75, 3.05) is 7.11 Å². The van der Waals surface area contributed by atoms with Gasteiger partial charge in [-0.1, -0.05) is 0 Å². The maximum absolute atomic E-state index is 11.7. The molecule has 0 aromatic heterocycles. The molecule has 0 radical (unpaired) electrons. The van der Waals surface area contributed by atoms with E-state index in [0.717, 1.165) is 0 Å². The molecule has 0 saturated heterocycles. The van der Waals surface area contributed by atoms with Crippen LogP contribution in [0.25, 0.3) is 0 Å². The number of carbonyl (C=O) groups is 3. The second-order valence-corrected chi connectivity index (χ2v) is 4.04. The van der Waals surface area contributed by atoms with Gasteiger partial charge in [-0.25, -0.2) is 4.79 Å². The Hall–Kier alpha value is -2.37. The van der Waals surface area contributed by atoms with Gasteiger partial charge in [0.05, 0.1) is 7.11 Å². The lowest BCUT2D eigenvalue weighted by Crippen LogP contribution is -2.12. The summed E-state index contributed by atoms with van der Waals surface area (Å²) in [6.45, 7) is 2.56. The van der Waals surface area contributed by atoms with E-state index in [-0.39, 0.29) is 35.0 Å². The minimum Gasteiger partial charge on any atom is -0.496 e. The Kier molecular flexibility index (Phi) is 3.25. The number of methoxy groups -OCH3 is 1. The molecule has 0 N–H and O–H groups in total. The molecule has 0 fully saturated rings. The van der Waals surface area contributed by atoms with E-state index in [9.17, 15) is 14.4 Å². The minimum absolute atomic E-state index is 0.0651. The molecule has 6 heteroatoms. The normalized spacial score (nSPS) is 12.7. The zero-order valence-corrected chi connectivity index (χ0v) is 10.7. The first-order chi connectivity index (χ1) is 8.95. The van der Waals surface area contributed by atoms with E-state index >= 15 is 0 Å². The first-order valence-electron chi connectivity index (χ1n) is 5.56. The number of cyclic esters (lactones) is 1. The summed E-state index contributed by atoms with van der Waals surface area (Å²) >= 11 is 0. The van der Waals surface area contributed by atoms with Crippen molar-refractivity contribution in [3.8, 4) is 11.5 Å². The van der Waals surface area contributed by atoms with Crippen molar-refractivity contribution in [2.45, 2.75) is 20.5 Å². The third-order valence-corrected chi connectivity index (χ3v) is 2.71. The molecular formula is C13H12O6. The highest BCUT2D eigenvalue weighted by Gasteiger charge is 2.32. The van der Waals surface area contributed by atoms with Gasteiger partial charge >= 0.3 is 11.9 Å². The molecule has 0 aliphatic carbocycles. The van der Waals surface area contributed by atoms with Crippen LogP contribution in [0, 0.1) is 0 Å². The van der Waals surface area contributed by atoms with Crippen molar-refractivity contribution in [3.63, 3.8) is 0 Å². The number of benzene rings is 1. The summed E-state index contributed by atoms with van der Waals surface area (Å²) in [6.07, 6.45) is 0. The quantitative estimate of drug-likeness (QED) is 0.467. The number of hydrogen-bond donors (Lipinski definition) is 0. The van der Waals surface area contributed by atoms with E-state index in [1.807, 2.05) is 0 Å². The lowest BCUT2D eigenvalue weighted by Gasteiger charge is -2.13. The molecule has 0 atom stereocenters. The molecule has 100 valence electrons. The molecule has 1 aromatic carbocycles. The van der Waals surface area contributed by atoms with Gasteiger partial charge in [-0.15, -0.1) is 0 Å². The fourth-order valence-corrected chi connectivity index (χ4v) is 1.98. The van der Waals surface area contributed by atoms with E-state index in [0.29, 0.717) is 5.56 Å². The van der Waals surface area contributed by atoms with Crippen LogP contribution in [0.1, 0.15) is 40.1 Å². The lowest BCUT2D eigenvalue weighted by atomic mass is 10.0. The number of fused-ring (bicyclic) bond motifs is 1. The number of ether oxygens (including phenoxy) is 3. The van der Waals surface area contributed by atoms with Crippen LogP contribution in [0.5, 0.6) is 11.5 Å². The summed E-state index contributed by atoms with van der Waals surface area (Å²) in [5, 5.41) is 0. The van der Waals surface area contributed by atoms with E-state index < -0.39 is 11.9 Å². The first-order valence-corrected chi connectivity index (χ1v) is 5.56. The average molecular weight is 264 g/mol. The molecule has 1 aliphatic heterocycles. The molecular weight excluding hydrogens is 252 g/mol. The van der Waals surface area contributed by atoms with Gasteiger partial charge in [0.25, 0.3) is 0 Å². The maximum Gasteiger partial charge on any atom is 0.342 e. The van der Waals surface area contributed by atoms with Gasteiger partial charge in [-0.2, -0.15) is 0 Å². The van der Waals surface area contributed by atoms with Crippen LogP contribution >= 0.6 is 0 Å². The Morgan fingerprint density at radius 1 is 1.32 bits per heavy atom. The van der Waals surface area contributed by atoms with Crippen molar-refractivity contribution in [3.05, 3.63) is 22.8 Å². The van der Waals surface area contributed by atoms with Crippen molar-refractivity contribution in [1.29, 1.82) is 0 Å². The van der Waals surface area contributed by atoms with Crippen LogP contribution in [-0.2, 0) is 16.1 Å². The van der Waals surface area contributed by atoms with Crippen LogP contribution in [0.15, 0.2) is 6.07 Å². The lowest BCUT2D eigenvalue weighted by molar-refractivity contribution is -0.131. The zero-order valence-electron chi connectivity index (χ0n) is 10.7. The van der Waals surface area contributed by atoms with Crippen molar-refractivity contribution in [2.24, 2.45) is 0 Å². The van der Waals surface area contributed by atoms with Crippen molar-refractivity contribution >= 4 is 17.7 Å². The predicted octanol–water partition coefficient (Wildman–Crippen LogP) is 1.49. The molecule has 0 amide bonds. The smallest absolute Gasteiger partial charge is 0.342 e. The summed E-state index contributed by atoms with van der Waals surface area (Å²) in [6, 6.07) is 1.55. The molecule has 0 saturated carbocycles. The van der Waals surface area contributed by atoms with Crippen molar-refractivity contribution in [1.82, 2.24) is 0 Å². The van der Waals surface area contributed by atoms with Crippen LogP contribution in [0.3, 0.4) is 0 Å². The summed E-state index contributed by atoms with van der Waals surface area (Å²) in [5.74, 6) is -1.44.